The lowest BCUT2D eigenvalue weighted by molar-refractivity contribution is -0.138. The van der Waals surface area contributed by atoms with Crippen LogP contribution in [0.4, 0.5) is 24.7 Å². The number of aromatic nitrogens is 2. The quantitative estimate of drug-likeness (QED) is 0.283. The van der Waals surface area contributed by atoms with Gasteiger partial charge in [0.25, 0.3) is 5.91 Å². The average molecular weight is 540 g/mol. The number of nitrogens with zero attached hydrogens (tertiary/aromatic N) is 3. The summed E-state index contributed by atoms with van der Waals surface area (Å²) in [6, 6.07) is 4.91. The Morgan fingerprint density at radius 2 is 1.97 bits per heavy atom. The van der Waals surface area contributed by atoms with Gasteiger partial charge in [-0.25, -0.2) is 4.99 Å². The zero-order valence-electron chi connectivity index (χ0n) is 20.8. The largest absolute Gasteiger partial charge is 0.548 e. The fourth-order valence-corrected chi connectivity index (χ4v) is 5.35. The summed E-state index contributed by atoms with van der Waals surface area (Å²) < 4.78 is 65.6. The number of carbonyl (C=O) groups excluding carboxylic acids is 1. The van der Waals surface area contributed by atoms with Crippen LogP contribution >= 0.6 is 11.1 Å². The Labute approximate surface area is 214 Å². The van der Waals surface area contributed by atoms with Crippen LogP contribution in [0.1, 0.15) is 66.1 Å². The molecule has 1 aliphatic rings. The fourth-order valence-electron chi connectivity index (χ4n) is 4.69. The maximum atomic E-state index is 13.6. The van der Waals surface area contributed by atoms with E-state index in [0.29, 0.717) is 17.6 Å². The summed E-state index contributed by atoms with van der Waals surface area (Å²) in [4.78, 5) is 18.3. The number of hydrogen-bond acceptors (Lipinski definition) is 7. The number of furan rings is 1. The number of H-pyrrole nitrogens is 1. The number of alkyl halides is 3. The zero-order valence-corrected chi connectivity index (χ0v) is 21.6. The second kappa shape index (κ2) is 9.86. The SMILES string of the molecule is Cc1ccc([C@H](N=c2[nH][s+]([O-])nc2Nc2ccc(C(F)(F)F)c(C(=O)N(C)C)c2O)C2(C)CCCC2)o1. The van der Waals surface area contributed by atoms with Gasteiger partial charge in [-0.1, -0.05) is 19.8 Å². The van der Waals surface area contributed by atoms with Crippen molar-refractivity contribution in [3.05, 3.63) is 52.4 Å². The minimum absolute atomic E-state index is 0.0495. The van der Waals surface area contributed by atoms with Crippen LogP contribution in [0.2, 0.25) is 0 Å². The molecule has 0 radical (unpaired) electrons. The van der Waals surface area contributed by atoms with Crippen LogP contribution in [-0.2, 0) is 6.18 Å². The van der Waals surface area contributed by atoms with E-state index in [9.17, 15) is 27.6 Å². The number of aryl methyl sites for hydroxylation is 1. The first-order valence-corrected chi connectivity index (χ1v) is 12.7. The molecule has 1 amide bonds. The summed E-state index contributed by atoms with van der Waals surface area (Å²) in [5.74, 6) is -0.644. The van der Waals surface area contributed by atoms with Gasteiger partial charge in [0, 0.05) is 18.5 Å². The molecule has 0 saturated heterocycles. The highest BCUT2D eigenvalue weighted by Gasteiger charge is 2.40. The predicted molar refractivity (Wildman–Crippen MR) is 130 cm³/mol. The third kappa shape index (κ3) is 5.37. The number of phenolic OH excluding ortho intramolecular Hbond substituents is 1. The van der Waals surface area contributed by atoms with Gasteiger partial charge in [0.1, 0.15) is 17.6 Å². The van der Waals surface area contributed by atoms with Crippen molar-refractivity contribution in [3.8, 4) is 5.75 Å². The monoisotopic (exact) mass is 539 g/mol. The Balaban J connectivity index is 1.81. The zero-order chi connectivity index (χ0) is 27.1. The molecule has 0 aliphatic heterocycles. The summed E-state index contributed by atoms with van der Waals surface area (Å²) in [6.45, 7) is 3.92. The van der Waals surface area contributed by atoms with Crippen molar-refractivity contribution in [1.29, 1.82) is 0 Å². The first-order chi connectivity index (χ1) is 17.3. The summed E-state index contributed by atoms with van der Waals surface area (Å²) in [5.41, 5.74) is -2.54. The molecule has 2 atom stereocenters. The molecule has 9 nitrogen and oxygen atoms in total. The van der Waals surface area contributed by atoms with Crippen molar-refractivity contribution >= 4 is 28.6 Å². The lowest BCUT2D eigenvalue weighted by Crippen LogP contribution is -2.25. The molecule has 1 saturated carbocycles. The summed E-state index contributed by atoms with van der Waals surface area (Å²) in [6.07, 6.45) is -1.03. The smallest absolute Gasteiger partial charge is 0.417 e. The number of halogens is 3. The third-order valence-corrected chi connectivity index (χ3v) is 7.35. The van der Waals surface area contributed by atoms with Crippen LogP contribution in [-0.4, -0.2) is 43.3 Å². The van der Waals surface area contributed by atoms with Gasteiger partial charge in [-0.05, 0) is 49.4 Å². The number of anilines is 2. The van der Waals surface area contributed by atoms with Gasteiger partial charge < -0.3 is 24.3 Å². The number of carbonyl (C=O) groups is 1. The molecule has 3 N–H and O–H groups in total. The lowest BCUT2D eigenvalue weighted by Gasteiger charge is -2.29. The van der Waals surface area contributed by atoms with Crippen molar-refractivity contribution in [3.63, 3.8) is 0 Å². The molecule has 2 heterocycles. The lowest BCUT2D eigenvalue weighted by atomic mass is 9.80. The van der Waals surface area contributed by atoms with Crippen LogP contribution in [0.3, 0.4) is 0 Å². The molecule has 1 aromatic carbocycles. The normalized spacial score (nSPS) is 17.2. The van der Waals surface area contributed by atoms with E-state index in [1.165, 1.54) is 14.1 Å². The van der Waals surface area contributed by atoms with E-state index in [2.05, 4.69) is 21.0 Å². The van der Waals surface area contributed by atoms with Crippen molar-refractivity contribution < 1.29 is 32.0 Å². The Bertz CT molecular complexity index is 1370. The number of phenols is 1. The summed E-state index contributed by atoms with van der Waals surface area (Å²) in [5, 5.41) is 13.4. The van der Waals surface area contributed by atoms with E-state index in [1.54, 1.807) is 0 Å². The topological polar surface area (TPSA) is 130 Å². The Morgan fingerprint density at radius 1 is 1.30 bits per heavy atom. The number of nitrogens with one attached hydrogen (secondary N) is 2. The van der Waals surface area contributed by atoms with Crippen LogP contribution in [0.5, 0.6) is 5.75 Å². The van der Waals surface area contributed by atoms with Crippen LogP contribution in [0.15, 0.2) is 33.7 Å². The number of rotatable bonds is 6. The number of aromatic hydroxyl groups is 1. The van der Waals surface area contributed by atoms with Crippen LogP contribution < -0.4 is 10.8 Å². The van der Waals surface area contributed by atoms with Gasteiger partial charge in [0.2, 0.25) is 11.3 Å². The number of hydrogen-bond donors (Lipinski definition) is 3. The molecule has 37 heavy (non-hydrogen) atoms. The first-order valence-electron chi connectivity index (χ1n) is 11.6. The van der Waals surface area contributed by atoms with Gasteiger partial charge in [-0.3, -0.25) is 4.79 Å². The molecule has 2 aromatic heterocycles. The fraction of sp³-hybridized carbons (Fsp3) is 0.458. The summed E-state index contributed by atoms with van der Waals surface area (Å²) in [7, 11) is 2.56. The van der Waals surface area contributed by atoms with Gasteiger partial charge >= 0.3 is 6.18 Å². The molecule has 1 aliphatic carbocycles. The van der Waals surface area contributed by atoms with Crippen LogP contribution in [0, 0.1) is 12.3 Å². The van der Waals surface area contributed by atoms with E-state index in [0.717, 1.165) is 36.6 Å². The van der Waals surface area contributed by atoms with E-state index < -0.39 is 46.1 Å². The summed E-state index contributed by atoms with van der Waals surface area (Å²) >= 11 is -1.91. The Morgan fingerprint density at radius 3 is 2.54 bits per heavy atom. The van der Waals surface area contributed by atoms with E-state index >= 15 is 0 Å². The highest BCUT2D eigenvalue weighted by atomic mass is 32.2. The van der Waals surface area contributed by atoms with Gasteiger partial charge in [0.15, 0.2) is 16.9 Å². The predicted octanol–water partition coefficient (Wildman–Crippen LogP) is 5.43. The van der Waals surface area contributed by atoms with Crippen molar-refractivity contribution in [2.75, 3.05) is 19.4 Å². The molecule has 0 spiro atoms. The highest BCUT2D eigenvalue weighted by Crippen LogP contribution is 2.49. The molecule has 200 valence electrons. The number of amides is 1. The Kier molecular flexibility index (Phi) is 7.12. The van der Waals surface area contributed by atoms with Gasteiger partial charge in [-0.15, -0.1) is 4.37 Å². The molecule has 1 fully saturated rings. The first kappa shape index (κ1) is 26.7. The maximum absolute atomic E-state index is 13.6. The van der Waals surface area contributed by atoms with Gasteiger partial charge in [-0.2, -0.15) is 13.2 Å². The molecule has 4 rings (SSSR count). The second-order valence-electron chi connectivity index (χ2n) is 9.69. The minimum atomic E-state index is -4.87. The van der Waals surface area contributed by atoms with E-state index in [4.69, 9.17) is 9.41 Å². The van der Waals surface area contributed by atoms with Crippen molar-refractivity contribution in [2.45, 2.75) is 51.7 Å². The standard InChI is InChI=1S/C24H28F3N5O4S/c1-13-7-10-16(36-13)19(23(2)11-5-6-12-23)29-21-20(30-37(35)31-21)28-15-9-8-14(24(25,26)27)17(18(15)33)22(34)32(3)4/h7-10,19,33H,5-6,11-12H2,1-4H3,(H,28,30)(H,29,31)/t19-,37?/m0/s1. The molecular formula is C24H28F3N5O4S. The van der Waals surface area contributed by atoms with Crippen molar-refractivity contribution in [1.82, 2.24) is 13.6 Å². The second-order valence-corrected chi connectivity index (χ2v) is 10.6. The highest BCUT2D eigenvalue weighted by molar-refractivity contribution is 7.13. The third-order valence-electron chi connectivity index (χ3n) is 6.63. The number of benzene rings is 1. The molecule has 3 aromatic rings. The van der Waals surface area contributed by atoms with Crippen molar-refractivity contribution in [2.24, 2.45) is 10.4 Å². The number of aromatic amines is 1. The molecule has 1 unspecified atom stereocenters. The van der Waals surface area contributed by atoms with Crippen LogP contribution in [0.25, 0.3) is 0 Å². The Hall–Kier alpha value is -3.32. The molecular weight excluding hydrogens is 511 g/mol. The average Bonchev–Trinajstić information content (AvgIpc) is 3.52. The molecule has 13 heteroatoms. The van der Waals surface area contributed by atoms with Gasteiger partial charge in [0.05, 0.1) is 16.8 Å². The van der Waals surface area contributed by atoms with E-state index in [1.807, 2.05) is 19.1 Å². The minimum Gasteiger partial charge on any atom is -0.548 e. The van der Waals surface area contributed by atoms with E-state index in [-0.39, 0.29) is 22.4 Å². The maximum Gasteiger partial charge on any atom is 0.417 e. The molecule has 0 bridgehead atoms.